The third kappa shape index (κ3) is 5.54. The maximum absolute atomic E-state index is 11.8. The molecule has 0 aromatic carbocycles. The molecule has 1 aliphatic rings. The number of nitrogens with zero attached hydrogens (tertiary/aromatic N) is 2. The lowest BCUT2D eigenvalue weighted by molar-refractivity contribution is 0.168. The van der Waals surface area contributed by atoms with E-state index < -0.39 is 0 Å². The molecule has 1 rings (SSSR count). The van der Waals surface area contributed by atoms with Gasteiger partial charge in [0.1, 0.15) is 0 Å². The van der Waals surface area contributed by atoms with Crippen LogP contribution in [-0.4, -0.2) is 58.0 Å². The standard InChI is InChI=1S/C10H18N2O2S4/c1-3-15-17-9(13)11-5-7-12(8-6-11)10(14)18-16-4-2/h3-8H2,1-2H3. The van der Waals surface area contributed by atoms with E-state index in [0.717, 1.165) is 11.5 Å². The van der Waals surface area contributed by atoms with Crippen molar-refractivity contribution in [3.8, 4) is 0 Å². The van der Waals surface area contributed by atoms with E-state index in [2.05, 4.69) is 0 Å². The molecule has 8 heteroatoms. The Balaban J connectivity index is 2.27. The Morgan fingerprint density at radius 1 is 0.833 bits per heavy atom. The summed E-state index contributed by atoms with van der Waals surface area (Å²) in [6.45, 7) is 6.67. The van der Waals surface area contributed by atoms with E-state index in [9.17, 15) is 9.59 Å². The smallest absolute Gasteiger partial charge is 0.292 e. The number of rotatable bonds is 4. The number of piperazine rings is 1. The van der Waals surface area contributed by atoms with E-state index in [1.165, 1.54) is 21.6 Å². The fraction of sp³-hybridized carbons (Fsp3) is 0.800. The number of carbonyl (C=O) groups is 2. The van der Waals surface area contributed by atoms with Crippen LogP contribution in [0.1, 0.15) is 13.8 Å². The summed E-state index contributed by atoms with van der Waals surface area (Å²) in [5.41, 5.74) is 0. The lowest BCUT2D eigenvalue weighted by atomic mass is 10.3. The second kappa shape index (κ2) is 9.28. The Kier molecular flexibility index (Phi) is 8.45. The van der Waals surface area contributed by atoms with Gasteiger partial charge in [-0.1, -0.05) is 35.4 Å². The molecule has 0 spiro atoms. The molecule has 0 aliphatic carbocycles. The number of hydrogen-bond donors (Lipinski definition) is 0. The van der Waals surface area contributed by atoms with Crippen molar-refractivity contribution < 1.29 is 9.59 Å². The second-order valence-electron chi connectivity index (χ2n) is 3.49. The average Bonchev–Trinajstić information content (AvgIpc) is 2.42. The van der Waals surface area contributed by atoms with Gasteiger partial charge in [0.25, 0.3) is 10.5 Å². The molecule has 1 aliphatic heterocycles. The molecule has 0 N–H and O–H groups in total. The molecule has 1 saturated heterocycles. The monoisotopic (exact) mass is 326 g/mol. The molecule has 0 saturated carbocycles. The van der Waals surface area contributed by atoms with Crippen molar-refractivity contribution in [2.24, 2.45) is 0 Å². The van der Waals surface area contributed by atoms with E-state index in [1.807, 2.05) is 23.6 Å². The highest BCUT2D eigenvalue weighted by Gasteiger charge is 2.24. The maximum atomic E-state index is 11.8. The van der Waals surface area contributed by atoms with Crippen molar-refractivity contribution in [1.29, 1.82) is 0 Å². The second-order valence-corrected chi connectivity index (χ2v) is 8.56. The molecule has 18 heavy (non-hydrogen) atoms. The van der Waals surface area contributed by atoms with E-state index in [4.69, 9.17) is 0 Å². The summed E-state index contributed by atoms with van der Waals surface area (Å²) in [6.07, 6.45) is 0. The largest absolute Gasteiger partial charge is 0.329 e. The van der Waals surface area contributed by atoms with E-state index in [-0.39, 0.29) is 10.5 Å². The summed E-state index contributed by atoms with van der Waals surface area (Å²) < 4.78 is 0. The van der Waals surface area contributed by atoms with E-state index in [0.29, 0.717) is 26.2 Å². The zero-order valence-corrected chi connectivity index (χ0v) is 13.9. The Bertz CT molecular complexity index is 255. The third-order valence-corrected chi connectivity index (χ3v) is 6.78. The molecule has 4 nitrogen and oxygen atoms in total. The molecular formula is C10H18N2O2S4. The van der Waals surface area contributed by atoms with Gasteiger partial charge in [-0.05, 0) is 0 Å². The molecule has 0 aromatic rings. The zero-order valence-electron chi connectivity index (χ0n) is 10.6. The van der Waals surface area contributed by atoms with Crippen LogP contribution in [0.5, 0.6) is 0 Å². The number of carbonyl (C=O) groups excluding carboxylic acids is 2. The lowest BCUT2D eigenvalue weighted by Crippen LogP contribution is -2.48. The third-order valence-electron chi connectivity index (χ3n) is 2.29. The molecule has 1 heterocycles. The minimum atomic E-state index is 0.115. The van der Waals surface area contributed by atoms with Gasteiger partial charge in [0, 0.05) is 59.3 Å². The van der Waals surface area contributed by atoms with Gasteiger partial charge in [0.2, 0.25) is 0 Å². The molecule has 104 valence electrons. The Hall–Kier alpha value is 0.340. The molecule has 0 aromatic heterocycles. The highest BCUT2D eigenvalue weighted by atomic mass is 33.1. The molecule has 1 fully saturated rings. The van der Waals surface area contributed by atoms with Crippen molar-refractivity contribution in [2.45, 2.75) is 13.8 Å². The van der Waals surface area contributed by atoms with Gasteiger partial charge in [-0.25, -0.2) is 0 Å². The quantitative estimate of drug-likeness (QED) is 0.735. The van der Waals surface area contributed by atoms with Crippen LogP contribution in [0, 0.1) is 0 Å². The van der Waals surface area contributed by atoms with Crippen LogP contribution in [0.3, 0.4) is 0 Å². The van der Waals surface area contributed by atoms with Gasteiger partial charge >= 0.3 is 0 Å². The molecule has 0 unspecified atom stereocenters. The van der Waals surface area contributed by atoms with E-state index in [1.54, 1.807) is 21.6 Å². The van der Waals surface area contributed by atoms with Crippen molar-refractivity contribution in [2.75, 3.05) is 37.7 Å². The highest BCUT2D eigenvalue weighted by molar-refractivity contribution is 8.82. The number of hydrogen-bond acceptors (Lipinski definition) is 6. The van der Waals surface area contributed by atoms with Crippen molar-refractivity contribution in [1.82, 2.24) is 9.80 Å². The predicted octanol–water partition coefficient (Wildman–Crippen LogP) is 3.65. The van der Waals surface area contributed by atoms with Gasteiger partial charge in [0.05, 0.1) is 0 Å². The van der Waals surface area contributed by atoms with Crippen LogP contribution in [0.4, 0.5) is 9.59 Å². The Labute approximate surface area is 124 Å². The summed E-state index contributed by atoms with van der Waals surface area (Å²) >= 11 is 0. The summed E-state index contributed by atoms with van der Waals surface area (Å²) in [6, 6.07) is 0. The minimum Gasteiger partial charge on any atom is -0.329 e. The lowest BCUT2D eigenvalue weighted by Gasteiger charge is -2.33. The van der Waals surface area contributed by atoms with Crippen LogP contribution in [0.2, 0.25) is 0 Å². The van der Waals surface area contributed by atoms with Crippen molar-refractivity contribution >= 4 is 53.7 Å². The van der Waals surface area contributed by atoms with E-state index >= 15 is 0 Å². The first kappa shape index (κ1) is 16.4. The maximum Gasteiger partial charge on any atom is 0.292 e. The van der Waals surface area contributed by atoms with Gasteiger partial charge in [0.15, 0.2) is 0 Å². The molecule has 2 amide bonds. The molecule has 0 bridgehead atoms. The van der Waals surface area contributed by atoms with Crippen LogP contribution in [-0.2, 0) is 0 Å². The van der Waals surface area contributed by atoms with Crippen LogP contribution in [0.15, 0.2) is 0 Å². The van der Waals surface area contributed by atoms with Gasteiger partial charge in [-0.15, -0.1) is 0 Å². The molecule has 0 atom stereocenters. The van der Waals surface area contributed by atoms with Crippen molar-refractivity contribution in [3.05, 3.63) is 0 Å². The zero-order chi connectivity index (χ0) is 13.4. The average molecular weight is 327 g/mol. The fourth-order valence-electron chi connectivity index (χ4n) is 1.40. The minimum absolute atomic E-state index is 0.115. The number of amides is 2. The highest BCUT2D eigenvalue weighted by Crippen LogP contribution is 2.27. The summed E-state index contributed by atoms with van der Waals surface area (Å²) in [4.78, 5) is 27.2. The predicted molar refractivity (Wildman–Crippen MR) is 85.4 cm³/mol. The first-order valence-corrected chi connectivity index (χ1v) is 10.5. The van der Waals surface area contributed by atoms with Crippen LogP contribution < -0.4 is 0 Å². The normalized spacial score (nSPS) is 15.9. The topological polar surface area (TPSA) is 40.6 Å². The Morgan fingerprint density at radius 3 is 1.44 bits per heavy atom. The first-order chi connectivity index (χ1) is 8.69. The van der Waals surface area contributed by atoms with Gasteiger partial charge in [-0.2, -0.15) is 0 Å². The Morgan fingerprint density at radius 2 is 1.17 bits per heavy atom. The van der Waals surface area contributed by atoms with Gasteiger partial charge < -0.3 is 9.80 Å². The first-order valence-electron chi connectivity index (χ1n) is 5.85. The fourth-order valence-corrected chi connectivity index (χ4v) is 4.35. The summed E-state index contributed by atoms with van der Waals surface area (Å²) in [7, 11) is 5.73. The summed E-state index contributed by atoms with van der Waals surface area (Å²) in [5, 5.41) is 0.231. The molecule has 0 radical (unpaired) electrons. The summed E-state index contributed by atoms with van der Waals surface area (Å²) in [5.74, 6) is 1.86. The molecular weight excluding hydrogens is 308 g/mol. The van der Waals surface area contributed by atoms with Gasteiger partial charge in [-0.3, -0.25) is 9.59 Å². The van der Waals surface area contributed by atoms with Crippen LogP contribution >= 0.6 is 43.2 Å². The van der Waals surface area contributed by atoms with Crippen LogP contribution in [0.25, 0.3) is 0 Å². The van der Waals surface area contributed by atoms with Crippen molar-refractivity contribution in [3.63, 3.8) is 0 Å². The SMILES string of the molecule is CCSSC(=O)N1CCN(C(=O)SSCC)CC1.